The summed E-state index contributed by atoms with van der Waals surface area (Å²) in [6.07, 6.45) is 1.40. The zero-order valence-corrected chi connectivity index (χ0v) is 10.5. The molecule has 0 aromatic carbocycles. The molecule has 3 nitrogen and oxygen atoms in total. The highest BCUT2D eigenvalue weighted by molar-refractivity contribution is 4.83. The molecule has 0 aliphatic carbocycles. The number of hydrogen-bond acceptors (Lipinski definition) is 3. The molecule has 0 spiro atoms. The van der Waals surface area contributed by atoms with E-state index < -0.39 is 5.60 Å². The third-order valence-electron chi connectivity index (χ3n) is 3.47. The van der Waals surface area contributed by atoms with Gasteiger partial charge in [-0.3, -0.25) is 4.90 Å². The highest BCUT2D eigenvalue weighted by atomic mass is 16.5. The molecule has 2 unspecified atom stereocenters. The van der Waals surface area contributed by atoms with Crippen LogP contribution < -0.4 is 0 Å². The maximum atomic E-state index is 10.2. The van der Waals surface area contributed by atoms with Gasteiger partial charge in [0.05, 0.1) is 18.3 Å². The summed E-state index contributed by atoms with van der Waals surface area (Å²) < 4.78 is 5.61. The Labute approximate surface area is 93.4 Å². The van der Waals surface area contributed by atoms with Crippen molar-refractivity contribution in [2.45, 2.75) is 45.8 Å². The van der Waals surface area contributed by atoms with E-state index in [-0.39, 0.29) is 0 Å². The quantitative estimate of drug-likeness (QED) is 0.771. The number of aliphatic hydroxyl groups is 1. The Morgan fingerprint density at radius 2 is 2.20 bits per heavy atom. The van der Waals surface area contributed by atoms with Crippen LogP contribution in [-0.4, -0.2) is 48.0 Å². The van der Waals surface area contributed by atoms with E-state index in [4.69, 9.17) is 4.74 Å². The van der Waals surface area contributed by atoms with E-state index in [1.807, 2.05) is 6.92 Å². The van der Waals surface area contributed by atoms with Gasteiger partial charge >= 0.3 is 0 Å². The summed E-state index contributed by atoms with van der Waals surface area (Å²) in [5.74, 6) is 0.292. The molecule has 1 fully saturated rings. The average molecular weight is 215 g/mol. The fourth-order valence-corrected chi connectivity index (χ4v) is 1.81. The molecule has 0 saturated carbocycles. The Morgan fingerprint density at radius 1 is 1.53 bits per heavy atom. The van der Waals surface area contributed by atoms with Crippen molar-refractivity contribution in [1.29, 1.82) is 0 Å². The van der Waals surface area contributed by atoms with Crippen LogP contribution in [0.1, 0.15) is 34.1 Å². The number of hydrogen-bond donors (Lipinski definition) is 1. The third kappa shape index (κ3) is 3.74. The lowest BCUT2D eigenvalue weighted by molar-refractivity contribution is -0.0731. The summed E-state index contributed by atoms with van der Waals surface area (Å²) in [5, 5.41) is 10.2. The van der Waals surface area contributed by atoms with Crippen LogP contribution >= 0.6 is 0 Å². The van der Waals surface area contributed by atoms with Crippen LogP contribution in [0.15, 0.2) is 0 Å². The van der Waals surface area contributed by atoms with Crippen molar-refractivity contribution < 1.29 is 9.84 Å². The van der Waals surface area contributed by atoms with Crippen molar-refractivity contribution in [3.8, 4) is 0 Å². The molecular weight excluding hydrogens is 190 g/mol. The standard InChI is InChI=1S/C12H25NO2/c1-5-11-8-13(6-7-15-11)9-12(4,14)10(2)3/h10-11,14H,5-9H2,1-4H3. The topological polar surface area (TPSA) is 32.7 Å². The van der Waals surface area contributed by atoms with Crippen molar-refractivity contribution >= 4 is 0 Å². The molecule has 15 heavy (non-hydrogen) atoms. The van der Waals surface area contributed by atoms with E-state index in [2.05, 4.69) is 25.7 Å². The maximum Gasteiger partial charge on any atom is 0.0768 e. The minimum atomic E-state index is -0.588. The van der Waals surface area contributed by atoms with Gasteiger partial charge in [0.2, 0.25) is 0 Å². The van der Waals surface area contributed by atoms with Crippen molar-refractivity contribution in [1.82, 2.24) is 4.90 Å². The zero-order chi connectivity index (χ0) is 11.5. The van der Waals surface area contributed by atoms with Crippen molar-refractivity contribution in [2.24, 2.45) is 5.92 Å². The molecule has 1 aliphatic heterocycles. The van der Waals surface area contributed by atoms with E-state index in [9.17, 15) is 5.11 Å². The molecule has 2 atom stereocenters. The van der Waals surface area contributed by atoms with Crippen molar-refractivity contribution in [3.05, 3.63) is 0 Å². The summed E-state index contributed by atoms with van der Waals surface area (Å²) in [7, 11) is 0. The van der Waals surface area contributed by atoms with E-state index in [1.165, 1.54) is 0 Å². The highest BCUT2D eigenvalue weighted by Crippen LogP contribution is 2.19. The molecule has 0 amide bonds. The molecule has 0 bridgehead atoms. The molecule has 1 N–H and O–H groups in total. The molecule has 1 aliphatic rings. The smallest absolute Gasteiger partial charge is 0.0768 e. The van der Waals surface area contributed by atoms with Gasteiger partial charge in [-0.25, -0.2) is 0 Å². The summed E-state index contributed by atoms with van der Waals surface area (Å²) in [4.78, 5) is 2.32. The van der Waals surface area contributed by atoms with Gasteiger partial charge in [0.1, 0.15) is 0 Å². The number of morpholine rings is 1. The van der Waals surface area contributed by atoms with Crippen LogP contribution in [0.4, 0.5) is 0 Å². The largest absolute Gasteiger partial charge is 0.389 e. The van der Waals surface area contributed by atoms with E-state index in [0.29, 0.717) is 12.0 Å². The highest BCUT2D eigenvalue weighted by Gasteiger charge is 2.30. The molecule has 3 heteroatoms. The van der Waals surface area contributed by atoms with Gasteiger partial charge in [-0.2, -0.15) is 0 Å². The van der Waals surface area contributed by atoms with Gasteiger partial charge in [0, 0.05) is 19.6 Å². The first-order valence-corrected chi connectivity index (χ1v) is 6.02. The van der Waals surface area contributed by atoms with Gasteiger partial charge in [0.15, 0.2) is 0 Å². The predicted molar refractivity (Wildman–Crippen MR) is 61.9 cm³/mol. The second-order valence-corrected chi connectivity index (χ2v) is 5.15. The summed E-state index contributed by atoms with van der Waals surface area (Å²) in [6, 6.07) is 0. The Bertz CT molecular complexity index is 192. The monoisotopic (exact) mass is 215 g/mol. The van der Waals surface area contributed by atoms with Gasteiger partial charge in [-0.1, -0.05) is 20.8 Å². The molecule has 0 aromatic heterocycles. The van der Waals surface area contributed by atoms with Crippen molar-refractivity contribution in [2.75, 3.05) is 26.2 Å². The molecular formula is C12H25NO2. The molecule has 90 valence electrons. The van der Waals surface area contributed by atoms with Crippen LogP contribution in [-0.2, 0) is 4.74 Å². The normalized spacial score (nSPS) is 28.0. The minimum absolute atomic E-state index is 0.292. The summed E-state index contributed by atoms with van der Waals surface area (Å²) in [5.41, 5.74) is -0.588. The fourth-order valence-electron chi connectivity index (χ4n) is 1.81. The lowest BCUT2D eigenvalue weighted by atomic mass is 9.91. The van der Waals surface area contributed by atoms with E-state index in [1.54, 1.807) is 0 Å². The lowest BCUT2D eigenvalue weighted by Crippen LogP contribution is -2.50. The molecule has 1 heterocycles. The molecule has 1 rings (SSSR count). The number of ether oxygens (including phenoxy) is 1. The Kier molecular flexibility index (Phi) is 4.56. The first-order chi connectivity index (χ1) is 6.95. The van der Waals surface area contributed by atoms with Gasteiger partial charge < -0.3 is 9.84 Å². The Balaban J connectivity index is 2.44. The first-order valence-electron chi connectivity index (χ1n) is 6.02. The van der Waals surface area contributed by atoms with Gasteiger partial charge in [0.25, 0.3) is 0 Å². The van der Waals surface area contributed by atoms with E-state index in [0.717, 1.165) is 32.7 Å². The number of nitrogens with zero attached hydrogens (tertiary/aromatic N) is 1. The summed E-state index contributed by atoms with van der Waals surface area (Å²) >= 11 is 0. The predicted octanol–water partition coefficient (Wildman–Crippen LogP) is 1.50. The molecule has 1 saturated heterocycles. The van der Waals surface area contributed by atoms with Crippen LogP contribution in [0.25, 0.3) is 0 Å². The average Bonchev–Trinajstić information content (AvgIpc) is 2.17. The van der Waals surface area contributed by atoms with Crippen LogP contribution in [0.2, 0.25) is 0 Å². The van der Waals surface area contributed by atoms with Crippen LogP contribution in [0, 0.1) is 5.92 Å². The number of β-amino-alcohol motifs (C(OH)–C–C–N with tert-alkyl or cyclic N) is 1. The van der Waals surface area contributed by atoms with Crippen molar-refractivity contribution in [3.63, 3.8) is 0 Å². The first kappa shape index (κ1) is 12.9. The second-order valence-electron chi connectivity index (χ2n) is 5.15. The Morgan fingerprint density at radius 3 is 2.73 bits per heavy atom. The number of rotatable bonds is 4. The SMILES string of the molecule is CCC1CN(CC(C)(O)C(C)C)CCO1. The Hall–Kier alpha value is -0.120. The van der Waals surface area contributed by atoms with Crippen LogP contribution in [0.5, 0.6) is 0 Å². The minimum Gasteiger partial charge on any atom is -0.389 e. The molecule has 0 aromatic rings. The van der Waals surface area contributed by atoms with Gasteiger partial charge in [-0.05, 0) is 19.3 Å². The molecule has 0 radical (unpaired) electrons. The second kappa shape index (κ2) is 5.28. The van der Waals surface area contributed by atoms with Crippen LogP contribution in [0.3, 0.4) is 0 Å². The lowest BCUT2D eigenvalue weighted by Gasteiger charge is -2.38. The third-order valence-corrected chi connectivity index (χ3v) is 3.47. The summed E-state index contributed by atoms with van der Waals surface area (Å²) in [6.45, 7) is 11.7. The maximum absolute atomic E-state index is 10.2. The van der Waals surface area contributed by atoms with E-state index >= 15 is 0 Å². The fraction of sp³-hybridized carbons (Fsp3) is 1.00. The van der Waals surface area contributed by atoms with Gasteiger partial charge in [-0.15, -0.1) is 0 Å². The zero-order valence-electron chi connectivity index (χ0n) is 10.5.